The summed E-state index contributed by atoms with van der Waals surface area (Å²) in [5.74, 6) is 0. The lowest BCUT2D eigenvalue weighted by molar-refractivity contribution is 0.549. The normalized spacial score (nSPS) is 18.3. The maximum atomic E-state index is 5.84. The minimum absolute atomic E-state index is 0.0850. The molecular weight excluding hydrogens is 470 g/mol. The Labute approximate surface area is 194 Å². The second kappa shape index (κ2) is 8.24. The quantitative estimate of drug-likeness (QED) is 0.382. The van der Waals surface area contributed by atoms with E-state index >= 15 is 0 Å². The number of pyridine rings is 2. The van der Waals surface area contributed by atoms with Crippen LogP contribution in [0, 0.1) is 6.92 Å². The molecule has 1 N–H and O–H groups in total. The summed E-state index contributed by atoms with van der Waals surface area (Å²) >= 11 is 9.45. The highest BCUT2D eigenvalue weighted by molar-refractivity contribution is 9.10. The highest BCUT2D eigenvalue weighted by Gasteiger charge is 2.42. The summed E-state index contributed by atoms with van der Waals surface area (Å²) < 4.78 is 3.24. The zero-order valence-electron chi connectivity index (χ0n) is 16.8. The first-order valence-corrected chi connectivity index (χ1v) is 11.2. The fourth-order valence-electron chi connectivity index (χ4n) is 4.08. The average molecular weight is 490 g/mol. The molecular formula is C24H20BrN5S. The Morgan fingerprint density at radius 3 is 2.65 bits per heavy atom. The first kappa shape index (κ1) is 19.9. The Morgan fingerprint density at radius 2 is 1.90 bits per heavy atom. The number of nitrogens with one attached hydrogen (secondary N) is 1. The molecule has 1 saturated heterocycles. The second-order valence-electron chi connectivity index (χ2n) is 7.44. The molecule has 4 heterocycles. The number of hydrogen-bond acceptors (Lipinski definition) is 3. The van der Waals surface area contributed by atoms with Crippen LogP contribution in [0.5, 0.6) is 0 Å². The third-order valence-electron chi connectivity index (χ3n) is 5.53. The molecule has 0 amide bonds. The number of thiocarbonyl (C=S) groups is 1. The highest BCUT2D eigenvalue weighted by Crippen LogP contribution is 2.42. The van der Waals surface area contributed by atoms with Crippen LogP contribution in [0.3, 0.4) is 0 Å². The second-order valence-corrected chi connectivity index (χ2v) is 8.69. The van der Waals surface area contributed by atoms with E-state index in [9.17, 15) is 0 Å². The molecule has 3 aromatic heterocycles. The minimum atomic E-state index is -0.0945. The maximum absolute atomic E-state index is 5.84. The largest absolute Gasteiger partial charge is 0.351 e. The van der Waals surface area contributed by atoms with Crippen molar-refractivity contribution in [3.63, 3.8) is 0 Å². The van der Waals surface area contributed by atoms with Gasteiger partial charge >= 0.3 is 0 Å². The van der Waals surface area contributed by atoms with Crippen LogP contribution in [0.15, 0.2) is 89.9 Å². The van der Waals surface area contributed by atoms with Crippen molar-refractivity contribution in [1.29, 1.82) is 0 Å². The Hall–Kier alpha value is -3.03. The van der Waals surface area contributed by atoms with Gasteiger partial charge in [-0.25, -0.2) is 0 Å². The summed E-state index contributed by atoms with van der Waals surface area (Å²) in [4.78, 5) is 11.1. The van der Waals surface area contributed by atoms with Gasteiger partial charge in [-0.15, -0.1) is 0 Å². The van der Waals surface area contributed by atoms with Gasteiger partial charge in [0.1, 0.15) is 6.04 Å². The maximum Gasteiger partial charge on any atom is 0.174 e. The number of aromatic nitrogens is 3. The number of benzene rings is 1. The van der Waals surface area contributed by atoms with Gasteiger partial charge in [0.05, 0.1) is 23.6 Å². The summed E-state index contributed by atoms with van der Waals surface area (Å²) in [5.41, 5.74) is 5.26. The smallest absolute Gasteiger partial charge is 0.174 e. The molecule has 0 aliphatic carbocycles. The van der Waals surface area contributed by atoms with Gasteiger partial charge in [-0.05, 0) is 79.3 Å². The van der Waals surface area contributed by atoms with Crippen LogP contribution in [0.25, 0.3) is 5.69 Å². The van der Waals surface area contributed by atoms with Crippen LogP contribution in [-0.2, 0) is 0 Å². The number of hydrogen-bond donors (Lipinski definition) is 1. The van der Waals surface area contributed by atoms with Crippen molar-refractivity contribution in [2.24, 2.45) is 0 Å². The lowest BCUT2D eigenvalue weighted by atomic mass is 10.0. The molecule has 2 atom stereocenters. The zero-order chi connectivity index (χ0) is 21.4. The standard InChI is InChI=1S/C24H20BrN5S/c1-16-14-17(9-10-19(16)25)30-23(22(28-24(30)31)20-7-2-3-12-27-20)21-8-5-13-29(21)18-6-4-11-26-15-18/h2-15,22-23H,1H3,(H,28,31)/t22-,23+/m1/s1. The van der Waals surface area contributed by atoms with E-state index in [4.69, 9.17) is 12.2 Å². The fourth-order valence-corrected chi connectivity index (χ4v) is 4.67. The van der Waals surface area contributed by atoms with E-state index in [1.807, 2.05) is 36.7 Å². The Kier molecular flexibility index (Phi) is 5.29. The monoisotopic (exact) mass is 489 g/mol. The Morgan fingerprint density at radius 1 is 1.00 bits per heavy atom. The molecule has 5 rings (SSSR count). The molecule has 1 fully saturated rings. The van der Waals surface area contributed by atoms with E-state index < -0.39 is 0 Å². The van der Waals surface area contributed by atoms with Crippen LogP contribution in [-0.4, -0.2) is 19.6 Å². The van der Waals surface area contributed by atoms with Gasteiger partial charge in [0.25, 0.3) is 0 Å². The van der Waals surface area contributed by atoms with Crippen molar-refractivity contribution in [3.05, 3.63) is 107 Å². The van der Waals surface area contributed by atoms with Crippen molar-refractivity contribution in [3.8, 4) is 5.69 Å². The van der Waals surface area contributed by atoms with Crippen molar-refractivity contribution >= 4 is 38.9 Å². The SMILES string of the molecule is Cc1cc(N2C(=S)N[C@H](c3ccccn3)[C@@H]2c2cccn2-c2cccnc2)ccc1Br. The molecule has 0 radical (unpaired) electrons. The van der Waals surface area contributed by atoms with Crippen LogP contribution < -0.4 is 10.2 Å². The van der Waals surface area contributed by atoms with Gasteiger partial charge < -0.3 is 14.8 Å². The summed E-state index contributed by atoms with van der Waals surface area (Å²) in [6.45, 7) is 2.09. The highest BCUT2D eigenvalue weighted by atomic mass is 79.9. The van der Waals surface area contributed by atoms with E-state index in [1.165, 1.54) is 0 Å². The predicted octanol–water partition coefficient (Wildman–Crippen LogP) is 5.52. The van der Waals surface area contributed by atoms with Crippen molar-refractivity contribution in [2.75, 3.05) is 4.90 Å². The summed E-state index contributed by atoms with van der Waals surface area (Å²) in [6, 6.07) is 20.3. The summed E-state index contributed by atoms with van der Waals surface area (Å²) in [5, 5.41) is 4.21. The van der Waals surface area contributed by atoms with E-state index in [2.05, 4.69) is 90.2 Å². The molecule has 31 heavy (non-hydrogen) atoms. The van der Waals surface area contributed by atoms with E-state index in [0.29, 0.717) is 5.11 Å². The fraction of sp³-hybridized carbons (Fsp3) is 0.125. The summed E-state index contributed by atoms with van der Waals surface area (Å²) in [7, 11) is 0. The number of nitrogens with zero attached hydrogens (tertiary/aromatic N) is 4. The van der Waals surface area contributed by atoms with Crippen molar-refractivity contribution < 1.29 is 0 Å². The molecule has 0 spiro atoms. The van der Waals surface area contributed by atoms with Gasteiger partial charge in [0.15, 0.2) is 5.11 Å². The Bertz CT molecular complexity index is 1230. The topological polar surface area (TPSA) is 46.0 Å². The van der Waals surface area contributed by atoms with E-state index in [0.717, 1.165) is 32.8 Å². The van der Waals surface area contributed by atoms with Crippen LogP contribution in [0.1, 0.15) is 29.0 Å². The number of aryl methyl sites for hydroxylation is 1. The molecule has 5 nitrogen and oxygen atoms in total. The minimum Gasteiger partial charge on any atom is -0.351 e. The Balaban J connectivity index is 1.68. The predicted molar refractivity (Wildman–Crippen MR) is 130 cm³/mol. The van der Waals surface area contributed by atoms with Crippen LogP contribution in [0.4, 0.5) is 5.69 Å². The lowest BCUT2D eigenvalue weighted by Gasteiger charge is -2.29. The lowest BCUT2D eigenvalue weighted by Crippen LogP contribution is -2.30. The third kappa shape index (κ3) is 3.64. The molecule has 1 aromatic carbocycles. The molecule has 1 aliphatic heterocycles. The van der Waals surface area contributed by atoms with Crippen molar-refractivity contribution in [2.45, 2.75) is 19.0 Å². The third-order valence-corrected chi connectivity index (χ3v) is 6.73. The van der Waals surface area contributed by atoms with Gasteiger partial charge in [0.2, 0.25) is 0 Å². The molecule has 154 valence electrons. The van der Waals surface area contributed by atoms with E-state index in [-0.39, 0.29) is 12.1 Å². The first-order chi connectivity index (χ1) is 15.1. The average Bonchev–Trinajstić information content (AvgIpc) is 3.41. The molecule has 4 aromatic rings. The van der Waals surface area contributed by atoms with Crippen LogP contribution in [0.2, 0.25) is 0 Å². The number of halogens is 1. The van der Waals surface area contributed by atoms with Crippen molar-refractivity contribution in [1.82, 2.24) is 19.9 Å². The number of rotatable bonds is 4. The molecule has 7 heteroatoms. The van der Waals surface area contributed by atoms with E-state index in [1.54, 1.807) is 6.20 Å². The molecule has 0 bridgehead atoms. The van der Waals surface area contributed by atoms with Gasteiger partial charge in [-0.3, -0.25) is 9.97 Å². The van der Waals surface area contributed by atoms with Gasteiger partial charge in [-0.2, -0.15) is 0 Å². The first-order valence-electron chi connectivity index (χ1n) is 9.98. The molecule has 0 unspecified atom stereocenters. The molecule has 0 saturated carbocycles. The van der Waals surface area contributed by atoms with Gasteiger partial charge in [0, 0.05) is 34.4 Å². The molecule has 1 aliphatic rings. The zero-order valence-corrected chi connectivity index (χ0v) is 19.2. The van der Waals surface area contributed by atoms with Crippen LogP contribution >= 0.6 is 28.1 Å². The number of anilines is 1. The summed E-state index contributed by atoms with van der Waals surface area (Å²) in [6.07, 6.45) is 7.54. The van der Waals surface area contributed by atoms with Gasteiger partial charge in [-0.1, -0.05) is 22.0 Å².